The second kappa shape index (κ2) is 9.52. The molecule has 0 heterocycles. The molecule has 0 spiro atoms. The number of ether oxygens (including phenoxy) is 1. The number of carbonyl (C=O) groups is 2. The number of hydrogen-bond donors (Lipinski definition) is 2. The van der Waals surface area contributed by atoms with Crippen LogP contribution in [0.4, 0.5) is 0 Å². The van der Waals surface area contributed by atoms with Crippen LogP contribution in [-0.2, 0) is 9.59 Å². The number of rotatable bonds is 6. The van der Waals surface area contributed by atoms with Gasteiger partial charge in [0.15, 0.2) is 0 Å². The number of amides is 2. The molecule has 0 aliphatic carbocycles. The van der Waals surface area contributed by atoms with Crippen LogP contribution in [0.2, 0.25) is 0 Å². The van der Waals surface area contributed by atoms with Gasteiger partial charge in [0.25, 0.3) is 0 Å². The molecule has 0 aliphatic rings. The van der Waals surface area contributed by atoms with Crippen molar-refractivity contribution >= 4 is 18.0 Å². The zero-order chi connectivity index (χ0) is 19.8. The molecule has 0 aromatic heterocycles. The summed E-state index contributed by atoms with van der Waals surface area (Å²) in [5.41, 5.74) is 5.17. The van der Waals surface area contributed by atoms with Crippen LogP contribution < -0.4 is 15.5 Å². The van der Waals surface area contributed by atoms with Crippen LogP contribution in [0, 0.1) is 0 Å². The third kappa shape index (κ3) is 5.95. The standard InChI is InChI=1S/C21H25N3O3/c1-14(2)17-7-5-16(6-8-17)13-22-24-21(26)20(25)23-15(3)18-9-11-19(27-4)12-10-18/h5-15H,1-4H3,(H,23,25)(H,24,26). The Morgan fingerprint density at radius 1 is 0.926 bits per heavy atom. The van der Waals surface area contributed by atoms with E-state index in [0.29, 0.717) is 5.92 Å². The summed E-state index contributed by atoms with van der Waals surface area (Å²) in [7, 11) is 1.59. The number of hydrogen-bond acceptors (Lipinski definition) is 4. The van der Waals surface area contributed by atoms with Crippen LogP contribution >= 0.6 is 0 Å². The number of nitrogens with zero attached hydrogens (tertiary/aromatic N) is 1. The van der Waals surface area contributed by atoms with Gasteiger partial charge < -0.3 is 10.1 Å². The molecule has 0 fully saturated rings. The van der Waals surface area contributed by atoms with Crippen molar-refractivity contribution in [3.63, 3.8) is 0 Å². The first-order chi connectivity index (χ1) is 12.9. The molecule has 0 saturated heterocycles. The van der Waals surface area contributed by atoms with E-state index in [2.05, 4.69) is 29.7 Å². The van der Waals surface area contributed by atoms with E-state index < -0.39 is 11.8 Å². The van der Waals surface area contributed by atoms with Crippen molar-refractivity contribution in [2.75, 3.05) is 7.11 Å². The summed E-state index contributed by atoms with van der Waals surface area (Å²) in [6.07, 6.45) is 1.50. The third-order valence-corrected chi connectivity index (χ3v) is 4.15. The van der Waals surface area contributed by atoms with Gasteiger partial charge in [-0.1, -0.05) is 50.2 Å². The summed E-state index contributed by atoms with van der Waals surface area (Å²) in [4.78, 5) is 23.9. The van der Waals surface area contributed by atoms with Gasteiger partial charge >= 0.3 is 11.8 Å². The predicted octanol–water partition coefficient (Wildman–Crippen LogP) is 3.15. The molecule has 6 heteroatoms. The largest absolute Gasteiger partial charge is 0.497 e. The van der Waals surface area contributed by atoms with Crippen LogP contribution in [-0.4, -0.2) is 25.1 Å². The first kappa shape index (κ1) is 20.2. The fraction of sp³-hybridized carbons (Fsp3) is 0.286. The zero-order valence-corrected chi connectivity index (χ0v) is 16.0. The SMILES string of the molecule is COc1ccc(C(C)NC(=O)C(=O)NN=Cc2ccc(C(C)C)cc2)cc1. The highest BCUT2D eigenvalue weighted by Gasteiger charge is 2.16. The highest BCUT2D eigenvalue weighted by Crippen LogP contribution is 2.17. The Hall–Kier alpha value is -3.15. The normalized spacial score (nSPS) is 12.0. The molecule has 6 nitrogen and oxygen atoms in total. The summed E-state index contributed by atoms with van der Waals surface area (Å²) in [5, 5.41) is 6.47. The van der Waals surface area contributed by atoms with E-state index in [9.17, 15) is 9.59 Å². The summed E-state index contributed by atoms with van der Waals surface area (Å²) in [6, 6.07) is 14.8. The summed E-state index contributed by atoms with van der Waals surface area (Å²) in [6.45, 7) is 6.04. The Labute approximate surface area is 159 Å². The molecule has 0 aliphatic heterocycles. The van der Waals surface area contributed by atoms with Crippen LogP contribution in [0.1, 0.15) is 49.4 Å². The molecule has 2 N–H and O–H groups in total. The molecule has 1 atom stereocenters. The molecule has 142 valence electrons. The molecular formula is C21H25N3O3. The number of nitrogens with one attached hydrogen (secondary N) is 2. The van der Waals surface area contributed by atoms with Gasteiger partial charge in [0.1, 0.15) is 5.75 Å². The van der Waals surface area contributed by atoms with Gasteiger partial charge in [-0.25, -0.2) is 5.43 Å². The molecule has 27 heavy (non-hydrogen) atoms. The van der Waals surface area contributed by atoms with Gasteiger partial charge in [-0.15, -0.1) is 0 Å². The molecule has 0 radical (unpaired) electrons. The van der Waals surface area contributed by atoms with Crippen LogP contribution in [0.15, 0.2) is 53.6 Å². The number of benzene rings is 2. The molecule has 2 amide bonds. The second-order valence-electron chi connectivity index (χ2n) is 6.49. The van der Waals surface area contributed by atoms with Crippen molar-refractivity contribution < 1.29 is 14.3 Å². The molecule has 1 unspecified atom stereocenters. The summed E-state index contributed by atoms with van der Waals surface area (Å²) >= 11 is 0. The lowest BCUT2D eigenvalue weighted by Gasteiger charge is -2.13. The maximum absolute atomic E-state index is 12.0. The maximum Gasteiger partial charge on any atom is 0.329 e. The van der Waals surface area contributed by atoms with Gasteiger partial charge in [-0.2, -0.15) is 5.10 Å². The number of hydrazone groups is 1. The highest BCUT2D eigenvalue weighted by atomic mass is 16.5. The van der Waals surface area contributed by atoms with Crippen molar-refractivity contribution in [2.24, 2.45) is 5.10 Å². The van der Waals surface area contributed by atoms with E-state index in [4.69, 9.17) is 4.74 Å². The fourth-order valence-electron chi connectivity index (χ4n) is 2.42. The number of methoxy groups -OCH3 is 1. The Bertz CT molecular complexity index is 796. The minimum Gasteiger partial charge on any atom is -0.497 e. The lowest BCUT2D eigenvalue weighted by Crippen LogP contribution is -2.39. The average molecular weight is 367 g/mol. The molecule has 2 rings (SSSR count). The number of carbonyl (C=O) groups excluding carboxylic acids is 2. The smallest absolute Gasteiger partial charge is 0.329 e. The van der Waals surface area contributed by atoms with Crippen molar-refractivity contribution in [3.05, 3.63) is 65.2 Å². The van der Waals surface area contributed by atoms with E-state index >= 15 is 0 Å². The second-order valence-corrected chi connectivity index (χ2v) is 6.49. The van der Waals surface area contributed by atoms with Crippen LogP contribution in [0.25, 0.3) is 0 Å². The molecule has 0 bridgehead atoms. The van der Waals surface area contributed by atoms with Crippen LogP contribution in [0.3, 0.4) is 0 Å². The average Bonchev–Trinajstić information content (AvgIpc) is 2.68. The molecule has 0 saturated carbocycles. The molecular weight excluding hydrogens is 342 g/mol. The monoisotopic (exact) mass is 367 g/mol. The van der Waals surface area contributed by atoms with E-state index in [0.717, 1.165) is 16.9 Å². The quantitative estimate of drug-likeness (QED) is 0.468. The lowest BCUT2D eigenvalue weighted by molar-refractivity contribution is -0.139. The molecule has 2 aromatic rings. The van der Waals surface area contributed by atoms with Gasteiger partial charge in [0, 0.05) is 0 Å². The van der Waals surface area contributed by atoms with Gasteiger partial charge in [0.05, 0.1) is 19.4 Å². The Morgan fingerprint density at radius 3 is 2.07 bits per heavy atom. The van der Waals surface area contributed by atoms with E-state index in [-0.39, 0.29) is 6.04 Å². The highest BCUT2D eigenvalue weighted by molar-refractivity contribution is 6.35. The minimum absolute atomic E-state index is 0.318. The van der Waals surface area contributed by atoms with E-state index in [1.165, 1.54) is 11.8 Å². The fourth-order valence-corrected chi connectivity index (χ4v) is 2.42. The first-order valence-electron chi connectivity index (χ1n) is 8.78. The maximum atomic E-state index is 12.0. The zero-order valence-electron chi connectivity index (χ0n) is 16.0. The topological polar surface area (TPSA) is 79.8 Å². The van der Waals surface area contributed by atoms with Crippen molar-refractivity contribution in [2.45, 2.75) is 32.7 Å². The van der Waals surface area contributed by atoms with Gasteiger partial charge in [-0.05, 0) is 41.7 Å². The Morgan fingerprint density at radius 2 is 1.52 bits per heavy atom. The van der Waals surface area contributed by atoms with Crippen LogP contribution in [0.5, 0.6) is 5.75 Å². The van der Waals surface area contributed by atoms with Crippen molar-refractivity contribution in [3.8, 4) is 5.75 Å². The Kier molecular flexibility index (Phi) is 7.11. The van der Waals surface area contributed by atoms with Gasteiger partial charge in [0.2, 0.25) is 0 Å². The lowest BCUT2D eigenvalue weighted by atomic mass is 10.0. The van der Waals surface area contributed by atoms with Crippen molar-refractivity contribution in [1.82, 2.24) is 10.7 Å². The predicted molar refractivity (Wildman–Crippen MR) is 106 cm³/mol. The summed E-state index contributed by atoms with van der Waals surface area (Å²) in [5.74, 6) is -0.381. The van der Waals surface area contributed by atoms with Crippen molar-refractivity contribution in [1.29, 1.82) is 0 Å². The molecule has 2 aromatic carbocycles. The van der Waals surface area contributed by atoms with Gasteiger partial charge in [-0.3, -0.25) is 9.59 Å². The van der Waals surface area contributed by atoms with E-state index in [1.54, 1.807) is 26.2 Å². The summed E-state index contributed by atoms with van der Waals surface area (Å²) < 4.78 is 5.10. The first-order valence-corrected chi connectivity index (χ1v) is 8.78. The third-order valence-electron chi connectivity index (χ3n) is 4.15. The Balaban J connectivity index is 1.86. The van der Waals surface area contributed by atoms with E-state index in [1.807, 2.05) is 36.4 Å². The minimum atomic E-state index is -0.814.